The Kier molecular flexibility index (Phi) is 7.84. The van der Waals surface area contributed by atoms with E-state index in [0.29, 0.717) is 24.3 Å². The van der Waals surface area contributed by atoms with Crippen LogP contribution >= 0.6 is 0 Å². The summed E-state index contributed by atoms with van der Waals surface area (Å²) in [5.74, 6) is -0.441. The van der Waals surface area contributed by atoms with Gasteiger partial charge in [-0.25, -0.2) is 14.6 Å². The van der Waals surface area contributed by atoms with Gasteiger partial charge in [0.05, 0.1) is 17.8 Å². The standard InChI is InChI=1S/C35H37N3O3/c1-24-14-12-21-30(35(2,3)4)29(24)22-36-34(40)38-23-27-19-13-20-28(31(27)37(38)5)33(39)41-32(25-15-8-6-9-16-25)26-17-10-7-11-18-26/h6-21,32H,22-23H2,1-5H3,(H,36,40). The molecule has 2 amide bonds. The molecule has 4 aromatic carbocycles. The topological polar surface area (TPSA) is 61.9 Å². The number of ether oxygens (including phenoxy) is 1. The second kappa shape index (κ2) is 11.5. The highest BCUT2D eigenvalue weighted by molar-refractivity contribution is 5.98. The molecule has 0 saturated heterocycles. The van der Waals surface area contributed by atoms with Crippen molar-refractivity contribution >= 4 is 17.7 Å². The number of carbonyl (C=O) groups excluding carboxylic acids is 2. The van der Waals surface area contributed by atoms with Gasteiger partial charge in [-0.15, -0.1) is 0 Å². The first kappa shape index (κ1) is 28.0. The maximum atomic E-state index is 13.7. The third-order valence-electron chi connectivity index (χ3n) is 7.64. The summed E-state index contributed by atoms with van der Waals surface area (Å²) in [5.41, 5.74) is 7.22. The molecule has 0 spiro atoms. The number of hydrogen-bond acceptors (Lipinski definition) is 4. The third-order valence-corrected chi connectivity index (χ3v) is 7.64. The summed E-state index contributed by atoms with van der Waals surface area (Å²) >= 11 is 0. The molecule has 1 N–H and O–H groups in total. The van der Waals surface area contributed by atoms with Gasteiger partial charge in [-0.3, -0.25) is 5.01 Å². The normalized spacial score (nSPS) is 12.8. The molecule has 1 aliphatic heterocycles. The van der Waals surface area contributed by atoms with E-state index in [1.54, 1.807) is 16.1 Å². The average Bonchev–Trinajstić information content (AvgIpc) is 3.31. The number of esters is 1. The van der Waals surface area contributed by atoms with Gasteiger partial charge < -0.3 is 10.1 Å². The van der Waals surface area contributed by atoms with Crippen LogP contribution in [0.3, 0.4) is 0 Å². The van der Waals surface area contributed by atoms with Crippen LogP contribution in [0.5, 0.6) is 0 Å². The molecule has 4 aromatic rings. The number of hydrazine groups is 1. The zero-order valence-electron chi connectivity index (χ0n) is 24.3. The highest BCUT2D eigenvalue weighted by Crippen LogP contribution is 2.36. The fraction of sp³-hybridized carbons (Fsp3) is 0.257. The zero-order chi connectivity index (χ0) is 29.1. The number of amides is 2. The van der Waals surface area contributed by atoms with E-state index in [-0.39, 0.29) is 11.4 Å². The second-order valence-corrected chi connectivity index (χ2v) is 11.5. The van der Waals surface area contributed by atoms with Gasteiger partial charge in [0.2, 0.25) is 0 Å². The van der Waals surface area contributed by atoms with Gasteiger partial charge in [-0.2, -0.15) is 0 Å². The Morgan fingerprint density at radius 3 is 2.07 bits per heavy atom. The maximum Gasteiger partial charge on any atom is 0.341 e. The van der Waals surface area contributed by atoms with Crippen LogP contribution in [0.15, 0.2) is 97.1 Å². The minimum Gasteiger partial charge on any atom is -0.449 e. The first-order chi connectivity index (χ1) is 19.6. The lowest BCUT2D eigenvalue weighted by molar-refractivity contribution is 0.0378. The molecule has 0 bridgehead atoms. The molecule has 0 radical (unpaired) electrons. The summed E-state index contributed by atoms with van der Waals surface area (Å²) in [4.78, 5) is 27.2. The predicted molar refractivity (Wildman–Crippen MR) is 163 cm³/mol. The first-order valence-corrected chi connectivity index (χ1v) is 14.0. The van der Waals surface area contributed by atoms with Crippen molar-refractivity contribution in [2.45, 2.75) is 52.3 Å². The predicted octanol–water partition coefficient (Wildman–Crippen LogP) is 7.32. The van der Waals surface area contributed by atoms with E-state index in [9.17, 15) is 9.59 Å². The summed E-state index contributed by atoms with van der Waals surface area (Å²) < 4.78 is 6.16. The number of para-hydroxylation sites is 1. The summed E-state index contributed by atoms with van der Waals surface area (Å²) in [6.07, 6.45) is -0.557. The zero-order valence-corrected chi connectivity index (χ0v) is 24.3. The molecule has 0 saturated carbocycles. The van der Waals surface area contributed by atoms with Gasteiger partial charge in [0.25, 0.3) is 0 Å². The molecule has 0 fully saturated rings. The Balaban J connectivity index is 1.36. The van der Waals surface area contributed by atoms with Crippen LogP contribution in [-0.4, -0.2) is 24.1 Å². The largest absolute Gasteiger partial charge is 0.449 e. The Bertz CT molecular complexity index is 1500. The van der Waals surface area contributed by atoms with Crippen molar-refractivity contribution in [1.29, 1.82) is 0 Å². The fourth-order valence-electron chi connectivity index (χ4n) is 5.51. The average molecular weight is 548 g/mol. The molecule has 6 heteroatoms. The number of anilines is 1. The first-order valence-electron chi connectivity index (χ1n) is 14.0. The molecule has 1 aliphatic rings. The molecular formula is C35H37N3O3. The summed E-state index contributed by atoms with van der Waals surface area (Å²) in [6.45, 7) is 9.39. The summed E-state index contributed by atoms with van der Waals surface area (Å²) in [5, 5.41) is 6.49. The quantitative estimate of drug-likeness (QED) is 0.257. The minimum absolute atomic E-state index is 0.0423. The molecule has 0 atom stereocenters. The van der Waals surface area contributed by atoms with Crippen LogP contribution in [0.25, 0.3) is 0 Å². The molecular weight excluding hydrogens is 510 g/mol. The number of nitrogens with zero attached hydrogens (tertiary/aromatic N) is 2. The van der Waals surface area contributed by atoms with Gasteiger partial charge in [0.15, 0.2) is 6.10 Å². The Labute approximate surface area is 242 Å². The van der Waals surface area contributed by atoms with Crippen molar-refractivity contribution < 1.29 is 14.3 Å². The number of aryl methyl sites for hydroxylation is 1. The molecule has 5 rings (SSSR count). The fourth-order valence-corrected chi connectivity index (χ4v) is 5.51. The molecule has 1 heterocycles. The Morgan fingerprint density at radius 2 is 1.46 bits per heavy atom. The van der Waals surface area contributed by atoms with E-state index in [2.05, 4.69) is 51.2 Å². The van der Waals surface area contributed by atoms with Gasteiger partial charge in [0, 0.05) is 13.6 Å². The lowest BCUT2D eigenvalue weighted by Crippen LogP contribution is -2.45. The molecule has 0 unspecified atom stereocenters. The van der Waals surface area contributed by atoms with E-state index < -0.39 is 12.1 Å². The number of urea groups is 1. The number of benzene rings is 4. The lowest BCUT2D eigenvalue weighted by Gasteiger charge is -2.29. The smallest absolute Gasteiger partial charge is 0.341 e. The number of carbonyl (C=O) groups is 2. The van der Waals surface area contributed by atoms with Crippen LogP contribution in [0.4, 0.5) is 10.5 Å². The monoisotopic (exact) mass is 547 g/mol. The SMILES string of the molecule is Cc1cccc(C(C)(C)C)c1CNC(=O)N1Cc2cccc(C(=O)OC(c3ccccc3)c3ccccc3)c2N1C. The second-order valence-electron chi connectivity index (χ2n) is 11.5. The Hall–Kier alpha value is -4.58. The van der Waals surface area contributed by atoms with Crippen molar-refractivity contribution in [2.24, 2.45) is 0 Å². The molecule has 41 heavy (non-hydrogen) atoms. The maximum absolute atomic E-state index is 13.7. The van der Waals surface area contributed by atoms with Gasteiger partial charge in [-0.05, 0) is 51.8 Å². The van der Waals surface area contributed by atoms with Crippen molar-refractivity contribution in [3.05, 3.63) is 136 Å². The van der Waals surface area contributed by atoms with Gasteiger partial charge >= 0.3 is 12.0 Å². The van der Waals surface area contributed by atoms with E-state index in [1.165, 1.54) is 5.56 Å². The van der Waals surface area contributed by atoms with E-state index >= 15 is 0 Å². The van der Waals surface area contributed by atoms with E-state index in [0.717, 1.165) is 27.8 Å². The summed E-state index contributed by atoms with van der Waals surface area (Å²) in [6, 6.07) is 31.0. The van der Waals surface area contributed by atoms with Gasteiger partial charge in [0.1, 0.15) is 0 Å². The van der Waals surface area contributed by atoms with Crippen molar-refractivity contribution in [3.8, 4) is 0 Å². The highest BCUT2D eigenvalue weighted by Gasteiger charge is 2.33. The van der Waals surface area contributed by atoms with E-state index in [1.807, 2.05) is 79.8 Å². The van der Waals surface area contributed by atoms with Crippen LogP contribution < -0.4 is 10.3 Å². The molecule has 0 aromatic heterocycles. The molecule has 6 nitrogen and oxygen atoms in total. The summed E-state index contributed by atoms with van der Waals surface area (Å²) in [7, 11) is 1.81. The Morgan fingerprint density at radius 1 is 0.854 bits per heavy atom. The van der Waals surface area contributed by atoms with Crippen LogP contribution in [0, 0.1) is 6.92 Å². The van der Waals surface area contributed by atoms with Crippen molar-refractivity contribution in [3.63, 3.8) is 0 Å². The third kappa shape index (κ3) is 5.82. The van der Waals surface area contributed by atoms with Crippen molar-refractivity contribution in [1.82, 2.24) is 10.3 Å². The number of hydrogen-bond donors (Lipinski definition) is 1. The highest BCUT2D eigenvalue weighted by atomic mass is 16.5. The lowest BCUT2D eigenvalue weighted by atomic mass is 9.82. The number of rotatable bonds is 6. The van der Waals surface area contributed by atoms with Crippen LogP contribution in [0.2, 0.25) is 0 Å². The van der Waals surface area contributed by atoms with Crippen LogP contribution in [0.1, 0.15) is 70.6 Å². The van der Waals surface area contributed by atoms with E-state index in [4.69, 9.17) is 4.74 Å². The number of fused-ring (bicyclic) bond motifs is 1. The molecule has 0 aliphatic carbocycles. The van der Waals surface area contributed by atoms with Crippen molar-refractivity contribution in [2.75, 3.05) is 12.1 Å². The number of nitrogens with one attached hydrogen (secondary N) is 1. The van der Waals surface area contributed by atoms with Gasteiger partial charge in [-0.1, -0.05) is 112 Å². The minimum atomic E-state index is -0.557. The van der Waals surface area contributed by atoms with Crippen LogP contribution in [-0.2, 0) is 23.2 Å². The molecule has 210 valence electrons.